The van der Waals surface area contributed by atoms with Gasteiger partial charge in [-0.05, 0) is 49.4 Å². The largest absolute Gasteiger partial charge is 0.489 e. The van der Waals surface area contributed by atoms with Gasteiger partial charge in [0.15, 0.2) is 0 Å². The van der Waals surface area contributed by atoms with Gasteiger partial charge in [-0.1, -0.05) is 0 Å². The molecule has 1 amide bonds. The van der Waals surface area contributed by atoms with E-state index in [9.17, 15) is 4.79 Å². The summed E-state index contributed by atoms with van der Waals surface area (Å²) in [4.78, 5) is 11.3. The number of anilines is 1. The van der Waals surface area contributed by atoms with Crippen LogP contribution < -0.4 is 10.1 Å². The van der Waals surface area contributed by atoms with Crippen molar-refractivity contribution in [2.45, 2.75) is 38.2 Å². The van der Waals surface area contributed by atoms with Gasteiger partial charge in [0.1, 0.15) is 11.9 Å². The minimum absolute atomic E-state index is 0.00994. The number of carbonyl (C=O) groups is 1. The van der Waals surface area contributed by atoms with Crippen molar-refractivity contribution in [2.75, 3.05) is 5.32 Å². The molecule has 2 atom stereocenters. The minimum Gasteiger partial charge on any atom is -0.489 e. The highest BCUT2D eigenvalue weighted by Gasteiger charge is 2.29. The highest BCUT2D eigenvalue weighted by Crippen LogP contribution is 2.32. The maximum absolute atomic E-state index is 11.3. The molecule has 0 radical (unpaired) electrons. The van der Waals surface area contributed by atoms with E-state index in [0.717, 1.165) is 42.7 Å². The molecule has 0 aromatic heterocycles. The first kappa shape index (κ1) is 12.0. The third-order valence-electron chi connectivity index (χ3n) is 3.88. The van der Waals surface area contributed by atoms with Crippen molar-refractivity contribution in [3.8, 4) is 11.8 Å². The monoisotopic (exact) mass is 256 g/mol. The first-order chi connectivity index (χ1) is 9.26. The van der Waals surface area contributed by atoms with Gasteiger partial charge in [-0.2, -0.15) is 5.26 Å². The zero-order valence-electron chi connectivity index (χ0n) is 10.7. The van der Waals surface area contributed by atoms with E-state index in [4.69, 9.17) is 10.00 Å². The van der Waals surface area contributed by atoms with Gasteiger partial charge in [-0.25, -0.2) is 0 Å². The van der Waals surface area contributed by atoms with Crippen LogP contribution in [0.15, 0.2) is 18.2 Å². The lowest BCUT2D eigenvalue weighted by Gasteiger charge is -2.20. The molecule has 1 N–H and O–H groups in total. The van der Waals surface area contributed by atoms with Gasteiger partial charge in [0.2, 0.25) is 5.91 Å². The summed E-state index contributed by atoms with van der Waals surface area (Å²) in [7, 11) is 0. The van der Waals surface area contributed by atoms with Crippen LogP contribution in [0.4, 0.5) is 5.69 Å². The highest BCUT2D eigenvalue weighted by molar-refractivity contribution is 5.93. The van der Waals surface area contributed by atoms with E-state index in [1.165, 1.54) is 0 Å². The third kappa shape index (κ3) is 2.41. The van der Waals surface area contributed by atoms with Gasteiger partial charge in [0.25, 0.3) is 0 Å². The number of hydrogen-bond donors (Lipinski definition) is 1. The summed E-state index contributed by atoms with van der Waals surface area (Å²) in [6.07, 6.45) is 4.24. The van der Waals surface area contributed by atoms with E-state index in [2.05, 4.69) is 11.4 Å². The summed E-state index contributed by atoms with van der Waals surface area (Å²) in [5.74, 6) is 0.888. The van der Waals surface area contributed by atoms with Crippen molar-refractivity contribution >= 4 is 11.6 Å². The normalized spacial score (nSPS) is 25.3. The van der Waals surface area contributed by atoms with Crippen LogP contribution in [0.25, 0.3) is 0 Å². The molecule has 1 aromatic rings. The Morgan fingerprint density at radius 2 is 2.21 bits per heavy atom. The molecule has 98 valence electrons. The van der Waals surface area contributed by atoms with Crippen LogP contribution >= 0.6 is 0 Å². The van der Waals surface area contributed by atoms with E-state index in [-0.39, 0.29) is 17.9 Å². The summed E-state index contributed by atoms with van der Waals surface area (Å²) in [5.41, 5.74) is 2.00. The first-order valence-electron chi connectivity index (χ1n) is 6.75. The van der Waals surface area contributed by atoms with Crippen LogP contribution in [0.2, 0.25) is 0 Å². The second kappa shape index (κ2) is 4.93. The summed E-state index contributed by atoms with van der Waals surface area (Å²) in [6, 6.07) is 8.07. The van der Waals surface area contributed by atoms with Crippen LogP contribution in [0.5, 0.6) is 5.75 Å². The SMILES string of the molecule is N#CC1CCCC1Oc1ccc2c(c1)CCC(=O)N2. The number of aryl methyl sites for hydroxylation is 1. The molecule has 1 saturated carbocycles. The number of carbonyl (C=O) groups excluding carboxylic acids is 1. The predicted octanol–water partition coefficient (Wildman–Crippen LogP) is 2.64. The van der Waals surface area contributed by atoms with Gasteiger partial charge in [0.05, 0.1) is 12.0 Å². The number of rotatable bonds is 2. The molecule has 3 rings (SSSR count). The maximum Gasteiger partial charge on any atom is 0.224 e. The standard InChI is InChI=1S/C15H16N2O2/c16-9-11-2-1-3-14(11)19-12-5-6-13-10(8-12)4-7-15(18)17-13/h5-6,8,11,14H,1-4,7H2,(H,17,18). The average Bonchev–Trinajstić information content (AvgIpc) is 2.86. The molecule has 1 heterocycles. The molecule has 1 aliphatic heterocycles. The van der Waals surface area contributed by atoms with E-state index in [0.29, 0.717) is 6.42 Å². The Balaban J connectivity index is 1.76. The van der Waals surface area contributed by atoms with Crippen LogP contribution in [-0.2, 0) is 11.2 Å². The third-order valence-corrected chi connectivity index (χ3v) is 3.88. The zero-order chi connectivity index (χ0) is 13.2. The number of ether oxygens (including phenoxy) is 1. The van der Waals surface area contributed by atoms with Crippen molar-refractivity contribution in [1.82, 2.24) is 0 Å². The topological polar surface area (TPSA) is 62.1 Å². The fourth-order valence-electron chi connectivity index (χ4n) is 2.82. The Kier molecular flexibility index (Phi) is 3.12. The van der Waals surface area contributed by atoms with Crippen LogP contribution in [0.3, 0.4) is 0 Å². The Hall–Kier alpha value is -2.02. The highest BCUT2D eigenvalue weighted by atomic mass is 16.5. The maximum atomic E-state index is 11.3. The number of nitrogens with one attached hydrogen (secondary N) is 1. The van der Waals surface area contributed by atoms with E-state index in [1.54, 1.807) is 0 Å². The lowest BCUT2D eigenvalue weighted by atomic mass is 10.0. The molecule has 19 heavy (non-hydrogen) atoms. The van der Waals surface area contributed by atoms with Crippen LogP contribution in [-0.4, -0.2) is 12.0 Å². The lowest BCUT2D eigenvalue weighted by Crippen LogP contribution is -2.21. The molecular formula is C15H16N2O2. The van der Waals surface area contributed by atoms with Crippen LogP contribution in [0.1, 0.15) is 31.2 Å². The first-order valence-corrected chi connectivity index (χ1v) is 6.75. The number of fused-ring (bicyclic) bond motifs is 1. The van der Waals surface area contributed by atoms with Gasteiger partial charge in [-0.3, -0.25) is 4.79 Å². The molecule has 1 aromatic carbocycles. The predicted molar refractivity (Wildman–Crippen MR) is 70.8 cm³/mol. The van der Waals surface area contributed by atoms with Gasteiger partial charge in [-0.15, -0.1) is 0 Å². The fourth-order valence-corrected chi connectivity index (χ4v) is 2.82. The van der Waals surface area contributed by atoms with E-state index in [1.807, 2.05) is 18.2 Å². The number of hydrogen-bond acceptors (Lipinski definition) is 3. The molecule has 0 saturated heterocycles. The van der Waals surface area contributed by atoms with Crippen molar-refractivity contribution in [3.63, 3.8) is 0 Å². The summed E-state index contributed by atoms with van der Waals surface area (Å²) >= 11 is 0. The van der Waals surface area contributed by atoms with Gasteiger partial charge in [0, 0.05) is 12.1 Å². The second-order valence-electron chi connectivity index (χ2n) is 5.19. The Morgan fingerprint density at radius 1 is 1.32 bits per heavy atom. The van der Waals surface area contributed by atoms with Crippen molar-refractivity contribution in [1.29, 1.82) is 5.26 Å². The zero-order valence-corrected chi connectivity index (χ0v) is 10.7. The molecule has 2 aliphatic rings. The average molecular weight is 256 g/mol. The fraction of sp³-hybridized carbons (Fsp3) is 0.467. The smallest absolute Gasteiger partial charge is 0.224 e. The molecular weight excluding hydrogens is 240 g/mol. The lowest BCUT2D eigenvalue weighted by molar-refractivity contribution is -0.116. The summed E-state index contributed by atoms with van der Waals surface area (Å²) in [5, 5.41) is 11.9. The molecule has 1 fully saturated rings. The minimum atomic E-state index is 0.00994. The van der Waals surface area contributed by atoms with Crippen LogP contribution in [0, 0.1) is 17.2 Å². The summed E-state index contributed by atoms with van der Waals surface area (Å²) in [6.45, 7) is 0. The molecule has 4 nitrogen and oxygen atoms in total. The molecule has 0 spiro atoms. The quantitative estimate of drug-likeness (QED) is 0.884. The number of nitrogens with zero attached hydrogens (tertiary/aromatic N) is 1. The Bertz CT molecular complexity index is 548. The Labute approximate surface area is 112 Å². The van der Waals surface area contributed by atoms with Crippen molar-refractivity contribution in [2.24, 2.45) is 5.92 Å². The van der Waals surface area contributed by atoms with E-state index >= 15 is 0 Å². The van der Waals surface area contributed by atoms with Crippen molar-refractivity contribution < 1.29 is 9.53 Å². The van der Waals surface area contributed by atoms with Gasteiger partial charge >= 0.3 is 0 Å². The molecule has 4 heteroatoms. The van der Waals surface area contributed by atoms with Crippen molar-refractivity contribution in [3.05, 3.63) is 23.8 Å². The van der Waals surface area contributed by atoms with E-state index < -0.39 is 0 Å². The van der Waals surface area contributed by atoms with Gasteiger partial charge < -0.3 is 10.1 Å². The molecule has 0 bridgehead atoms. The Morgan fingerprint density at radius 3 is 3.05 bits per heavy atom. The number of nitriles is 1. The molecule has 2 unspecified atom stereocenters. The second-order valence-corrected chi connectivity index (χ2v) is 5.19. The molecule has 1 aliphatic carbocycles. The number of amides is 1. The number of benzene rings is 1. The summed E-state index contributed by atoms with van der Waals surface area (Å²) < 4.78 is 5.94.